The van der Waals surface area contributed by atoms with Crippen LogP contribution in [0.2, 0.25) is 5.02 Å². The van der Waals surface area contributed by atoms with Gasteiger partial charge in [-0.15, -0.1) is 0 Å². The van der Waals surface area contributed by atoms with Crippen molar-refractivity contribution in [3.63, 3.8) is 0 Å². The minimum atomic E-state index is -0.377. The average Bonchev–Trinajstić information content (AvgIpc) is 2.42. The fraction of sp³-hybridized carbons (Fsp3) is 0.0714. The molecule has 0 aliphatic rings. The molecule has 20 heavy (non-hydrogen) atoms. The highest BCUT2D eigenvalue weighted by Gasteiger charge is 2.19. The normalized spacial score (nSPS) is 10.3. The molecule has 3 N–H and O–H groups in total. The number of phenols is 1. The third kappa shape index (κ3) is 2.89. The number of hydrogen-bond acceptors (Lipinski definition) is 3. The quantitative estimate of drug-likeness (QED) is 0.808. The predicted octanol–water partition coefficient (Wildman–Crippen LogP) is 3.67. The number of nitrogens with zero attached hydrogens (tertiary/aromatic N) is 1. The molecule has 1 amide bonds. The van der Waals surface area contributed by atoms with Gasteiger partial charge in [0.15, 0.2) is 0 Å². The van der Waals surface area contributed by atoms with Gasteiger partial charge in [-0.2, -0.15) is 0 Å². The molecule has 0 aliphatic heterocycles. The van der Waals surface area contributed by atoms with Crippen molar-refractivity contribution in [3.05, 3.63) is 51.5 Å². The molecule has 2 rings (SSSR count). The summed E-state index contributed by atoms with van der Waals surface area (Å²) in [4.78, 5) is 13.8. The highest BCUT2D eigenvalue weighted by molar-refractivity contribution is 9.10. The minimum Gasteiger partial charge on any atom is -0.507 e. The average molecular weight is 356 g/mol. The Morgan fingerprint density at radius 2 is 2.00 bits per heavy atom. The van der Waals surface area contributed by atoms with Crippen LogP contribution >= 0.6 is 27.5 Å². The summed E-state index contributed by atoms with van der Waals surface area (Å²) in [5, 5.41) is 10.3. The van der Waals surface area contributed by atoms with Gasteiger partial charge in [0.05, 0.1) is 16.9 Å². The Kier molecular flexibility index (Phi) is 4.20. The van der Waals surface area contributed by atoms with Gasteiger partial charge in [-0.25, -0.2) is 0 Å². The van der Waals surface area contributed by atoms with E-state index in [1.165, 1.54) is 11.0 Å². The number of rotatable bonds is 2. The van der Waals surface area contributed by atoms with Gasteiger partial charge in [0.2, 0.25) is 0 Å². The standard InChI is InChI=1S/C14H12BrClN2O2/c1-18(12-7-9(16)3-4-11(12)17)14(20)10-6-8(15)2-5-13(10)19/h2-7,19H,17H2,1H3. The number of phenolic OH excluding ortho intramolecular Hbond substituents is 1. The Hall–Kier alpha value is -1.72. The van der Waals surface area contributed by atoms with Crippen molar-refractivity contribution in [2.75, 3.05) is 17.7 Å². The first kappa shape index (κ1) is 14.7. The molecule has 0 aromatic heterocycles. The molecule has 0 heterocycles. The van der Waals surface area contributed by atoms with Crippen LogP contribution in [0.25, 0.3) is 0 Å². The number of nitrogens with two attached hydrogens (primary N) is 1. The number of anilines is 2. The number of carbonyl (C=O) groups is 1. The number of halogens is 2. The first-order valence-electron chi connectivity index (χ1n) is 5.71. The van der Waals surface area contributed by atoms with Gasteiger partial charge in [-0.05, 0) is 36.4 Å². The molecule has 0 fully saturated rings. The summed E-state index contributed by atoms with van der Waals surface area (Å²) < 4.78 is 0.700. The van der Waals surface area contributed by atoms with Gasteiger partial charge in [0.25, 0.3) is 5.91 Å². The van der Waals surface area contributed by atoms with E-state index >= 15 is 0 Å². The fourth-order valence-corrected chi connectivity index (χ4v) is 2.30. The van der Waals surface area contributed by atoms with Gasteiger partial charge in [0, 0.05) is 16.5 Å². The Bertz CT molecular complexity index is 676. The van der Waals surface area contributed by atoms with Crippen LogP contribution < -0.4 is 10.6 Å². The topological polar surface area (TPSA) is 66.6 Å². The largest absolute Gasteiger partial charge is 0.507 e. The van der Waals surface area contributed by atoms with Gasteiger partial charge < -0.3 is 15.7 Å². The van der Waals surface area contributed by atoms with Crippen LogP contribution in [0.3, 0.4) is 0 Å². The molecule has 4 nitrogen and oxygen atoms in total. The molecule has 0 radical (unpaired) electrons. The van der Waals surface area contributed by atoms with Crippen LogP contribution in [0.4, 0.5) is 11.4 Å². The summed E-state index contributed by atoms with van der Waals surface area (Å²) in [6.45, 7) is 0. The number of hydrogen-bond donors (Lipinski definition) is 2. The van der Waals surface area contributed by atoms with Gasteiger partial charge in [-0.1, -0.05) is 27.5 Å². The van der Waals surface area contributed by atoms with Crippen LogP contribution in [-0.2, 0) is 0 Å². The highest BCUT2D eigenvalue weighted by atomic mass is 79.9. The van der Waals surface area contributed by atoms with E-state index < -0.39 is 0 Å². The molecule has 2 aromatic rings. The summed E-state index contributed by atoms with van der Waals surface area (Å²) in [5.41, 5.74) is 6.95. The molecular formula is C14H12BrClN2O2. The van der Waals surface area contributed by atoms with Crippen molar-refractivity contribution in [2.24, 2.45) is 0 Å². The number of aromatic hydroxyl groups is 1. The van der Waals surface area contributed by atoms with E-state index in [4.69, 9.17) is 17.3 Å². The summed E-state index contributed by atoms with van der Waals surface area (Å²) in [6.07, 6.45) is 0. The maximum Gasteiger partial charge on any atom is 0.261 e. The van der Waals surface area contributed by atoms with Crippen LogP contribution in [-0.4, -0.2) is 18.1 Å². The molecule has 6 heteroatoms. The van der Waals surface area contributed by atoms with Crippen molar-refractivity contribution in [1.82, 2.24) is 0 Å². The fourth-order valence-electron chi connectivity index (χ4n) is 1.78. The first-order valence-corrected chi connectivity index (χ1v) is 6.89. The Morgan fingerprint density at radius 1 is 1.30 bits per heavy atom. The van der Waals surface area contributed by atoms with E-state index in [2.05, 4.69) is 15.9 Å². The van der Waals surface area contributed by atoms with Gasteiger partial charge in [-0.3, -0.25) is 4.79 Å². The summed E-state index contributed by atoms with van der Waals surface area (Å²) in [5.74, 6) is -0.469. The molecule has 104 valence electrons. The van der Waals surface area contributed by atoms with Crippen molar-refractivity contribution < 1.29 is 9.90 Å². The van der Waals surface area contributed by atoms with Crippen molar-refractivity contribution in [2.45, 2.75) is 0 Å². The van der Waals surface area contributed by atoms with Crippen LogP contribution in [0.1, 0.15) is 10.4 Å². The van der Waals surface area contributed by atoms with E-state index in [0.717, 1.165) is 0 Å². The van der Waals surface area contributed by atoms with Crippen molar-refractivity contribution in [3.8, 4) is 5.75 Å². The maximum absolute atomic E-state index is 12.4. The lowest BCUT2D eigenvalue weighted by Crippen LogP contribution is -2.27. The van der Waals surface area contributed by atoms with Crippen LogP contribution in [0.5, 0.6) is 5.75 Å². The maximum atomic E-state index is 12.4. The molecule has 0 spiro atoms. The lowest BCUT2D eigenvalue weighted by atomic mass is 10.1. The highest BCUT2D eigenvalue weighted by Crippen LogP contribution is 2.29. The summed E-state index contributed by atoms with van der Waals surface area (Å²) in [7, 11) is 1.57. The van der Waals surface area contributed by atoms with Crippen molar-refractivity contribution in [1.29, 1.82) is 0 Å². The third-order valence-electron chi connectivity index (χ3n) is 2.85. The molecule has 0 unspecified atom stereocenters. The lowest BCUT2D eigenvalue weighted by Gasteiger charge is -2.20. The number of carbonyl (C=O) groups excluding carboxylic acids is 1. The van der Waals surface area contributed by atoms with E-state index in [1.807, 2.05) is 0 Å². The molecule has 0 saturated heterocycles. The van der Waals surface area contributed by atoms with E-state index in [-0.39, 0.29) is 17.2 Å². The molecule has 2 aromatic carbocycles. The van der Waals surface area contributed by atoms with Crippen LogP contribution in [0.15, 0.2) is 40.9 Å². The smallest absolute Gasteiger partial charge is 0.261 e. The summed E-state index contributed by atoms with van der Waals surface area (Å²) >= 11 is 9.19. The first-order chi connectivity index (χ1) is 9.40. The third-order valence-corrected chi connectivity index (χ3v) is 3.58. The predicted molar refractivity (Wildman–Crippen MR) is 84.4 cm³/mol. The molecule has 0 bridgehead atoms. The second-order valence-corrected chi connectivity index (χ2v) is 5.58. The SMILES string of the molecule is CN(C(=O)c1cc(Br)ccc1O)c1cc(Cl)ccc1N. The molecule has 0 saturated carbocycles. The second kappa shape index (κ2) is 5.73. The monoisotopic (exact) mass is 354 g/mol. The molecule has 0 aliphatic carbocycles. The van der Waals surface area contributed by atoms with E-state index in [1.54, 1.807) is 37.4 Å². The minimum absolute atomic E-state index is 0.0920. The zero-order chi connectivity index (χ0) is 14.9. The second-order valence-electron chi connectivity index (χ2n) is 4.23. The van der Waals surface area contributed by atoms with Gasteiger partial charge >= 0.3 is 0 Å². The number of nitrogen functional groups attached to an aromatic ring is 1. The van der Waals surface area contributed by atoms with Crippen LogP contribution in [0, 0.1) is 0 Å². The Morgan fingerprint density at radius 3 is 2.70 bits per heavy atom. The number of amides is 1. The lowest BCUT2D eigenvalue weighted by molar-refractivity contribution is 0.0990. The molecular weight excluding hydrogens is 344 g/mol. The zero-order valence-corrected chi connectivity index (χ0v) is 12.9. The number of benzene rings is 2. The Labute approximate surface area is 129 Å². The summed E-state index contributed by atoms with van der Waals surface area (Å²) in [6, 6.07) is 9.53. The van der Waals surface area contributed by atoms with E-state index in [9.17, 15) is 9.90 Å². The zero-order valence-electron chi connectivity index (χ0n) is 10.6. The van der Waals surface area contributed by atoms with E-state index in [0.29, 0.717) is 20.9 Å². The van der Waals surface area contributed by atoms with Gasteiger partial charge in [0.1, 0.15) is 5.75 Å². The molecule has 0 atom stereocenters. The van der Waals surface area contributed by atoms with Crippen molar-refractivity contribution >= 4 is 44.8 Å². The Balaban J connectivity index is 2.42.